The van der Waals surface area contributed by atoms with Crippen molar-refractivity contribution in [3.63, 3.8) is 0 Å². The van der Waals surface area contributed by atoms with E-state index >= 15 is 0 Å². The summed E-state index contributed by atoms with van der Waals surface area (Å²) in [6.07, 6.45) is -4.62. The number of sulfone groups is 1. The van der Waals surface area contributed by atoms with E-state index in [4.69, 9.17) is 11.6 Å². The first-order valence-electron chi connectivity index (χ1n) is 6.64. The second kappa shape index (κ2) is 7.35. The highest BCUT2D eigenvalue weighted by atomic mass is 79.9. The molecule has 0 aliphatic heterocycles. The van der Waals surface area contributed by atoms with Crippen LogP contribution in [0.15, 0.2) is 51.8 Å². The molecule has 2 aromatic rings. The molecule has 2 aromatic carbocycles. The van der Waals surface area contributed by atoms with E-state index in [9.17, 15) is 26.4 Å². The number of rotatable bonds is 4. The van der Waals surface area contributed by atoms with Crippen LogP contribution < -0.4 is 5.32 Å². The summed E-state index contributed by atoms with van der Waals surface area (Å²) in [5, 5.41) is 2.49. The number of benzene rings is 2. The molecule has 0 aromatic heterocycles. The number of hydrogen-bond acceptors (Lipinski definition) is 3. The van der Waals surface area contributed by atoms with Gasteiger partial charge in [-0.05, 0) is 42.5 Å². The second-order valence-corrected chi connectivity index (χ2v) is 8.23. The molecule has 0 saturated heterocycles. The number of amides is 1. The SMILES string of the molecule is O=C(CS(=O)(=O)c1ccc(Cl)cc1)Nc1ccc(Br)c(C(F)(F)F)c1. The van der Waals surface area contributed by atoms with Crippen molar-refractivity contribution in [1.29, 1.82) is 0 Å². The number of anilines is 1. The molecule has 4 nitrogen and oxygen atoms in total. The number of carbonyl (C=O) groups excluding carboxylic acids is 1. The fourth-order valence-electron chi connectivity index (χ4n) is 1.92. The van der Waals surface area contributed by atoms with Crippen LogP contribution in [0.4, 0.5) is 18.9 Å². The van der Waals surface area contributed by atoms with Crippen LogP contribution in [0.3, 0.4) is 0 Å². The summed E-state index contributed by atoms with van der Waals surface area (Å²) in [6, 6.07) is 8.27. The Balaban J connectivity index is 2.16. The fourth-order valence-corrected chi connectivity index (χ4v) is 3.65. The quantitative estimate of drug-likeness (QED) is 0.735. The Bertz CT molecular complexity index is 899. The first-order valence-corrected chi connectivity index (χ1v) is 9.46. The van der Waals surface area contributed by atoms with Gasteiger partial charge in [-0.3, -0.25) is 4.79 Å². The van der Waals surface area contributed by atoms with Gasteiger partial charge in [0.25, 0.3) is 0 Å². The monoisotopic (exact) mass is 455 g/mol. The maximum absolute atomic E-state index is 12.8. The minimum absolute atomic E-state index is 0.112. The lowest BCUT2D eigenvalue weighted by atomic mass is 10.2. The predicted molar refractivity (Wildman–Crippen MR) is 91.3 cm³/mol. The summed E-state index contributed by atoms with van der Waals surface area (Å²) in [7, 11) is -3.95. The molecule has 0 spiro atoms. The third-order valence-corrected chi connectivity index (χ3v) is 5.63. The Morgan fingerprint density at radius 1 is 1.12 bits per heavy atom. The second-order valence-electron chi connectivity index (χ2n) is 4.95. The molecule has 0 saturated carbocycles. The molecule has 0 heterocycles. The number of hydrogen-bond donors (Lipinski definition) is 1. The van der Waals surface area contributed by atoms with Crippen molar-refractivity contribution < 1.29 is 26.4 Å². The third-order valence-electron chi connectivity index (χ3n) is 3.05. The standard InChI is InChI=1S/C15H10BrClF3NO3S/c16-13-6-3-10(7-12(13)15(18,19)20)21-14(22)8-25(23,24)11-4-1-9(17)2-5-11/h1-7H,8H2,(H,21,22). The molecule has 0 unspecified atom stereocenters. The van der Waals surface area contributed by atoms with Crippen molar-refractivity contribution in [1.82, 2.24) is 0 Å². The molecule has 25 heavy (non-hydrogen) atoms. The van der Waals surface area contributed by atoms with Crippen LogP contribution >= 0.6 is 27.5 Å². The summed E-state index contributed by atoms with van der Waals surface area (Å²) in [5.41, 5.74) is -1.14. The van der Waals surface area contributed by atoms with E-state index in [1.54, 1.807) is 0 Å². The van der Waals surface area contributed by atoms with Gasteiger partial charge in [0, 0.05) is 15.2 Å². The zero-order chi connectivity index (χ0) is 18.8. The largest absolute Gasteiger partial charge is 0.417 e. The Kier molecular flexibility index (Phi) is 5.80. The maximum Gasteiger partial charge on any atom is 0.417 e. The van der Waals surface area contributed by atoms with E-state index in [-0.39, 0.29) is 15.1 Å². The predicted octanol–water partition coefficient (Wildman–Crippen LogP) is 4.53. The smallest absolute Gasteiger partial charge is 0.325 e. The summed E-state index contributed by atoms with van der Waals surface area (Å²) in [5.74, 6) is -1.86. The van der Waals surface area contributed by atoms with Gasteiger partial charge in [-0.25, -0.2) is 8.42 Å². The molecule has 0 atom stereocenters. The Morgan fingerprint density at radius 3 is 2.28 bits per heavy atom. The molecule has 0 aliphatic rings. The lowest BCUT2D eigenvalue weighted by molar-refractivity contribution is -0.138. The molecule has 0 aliphatic carbocycles. The normalized spacial score (nSPS) is 12.0. The van der Waals surface area contributed by atoms with E-state index in [1.165, 1.54) is 30.3 Å². The molecule has 10 heteroatoms. The van der Waals surface area contributed by atoms with Crippen molar-refractivity contribution in [2.45, 2.75) is 11.1 Å². The number of alkyl halides is 3. The highest BCUT2D eigenvalue weighted by molar-refractivity contribution is 9.10. The van der Waals surface area contributed by atoms with E-state index in [0.717, 1.165) is 12.1 Å². The lowest BCUT2D eigenvalue weighted by Gasteiger charge is -2.12. The van der Waals surface area contributed by atoms with Crippen LogP contribution in [-0.4, -0.2) is 20.1 Å². The molecular formula is C15H10BrClF3NO3S. The fraction of sp³-hybridized carbons (Fsp3) is 0.133. The van der Waals surface area contributed by atoms with Gasteiger partial charge in [0.1, 0.15) is 5.75 Å². The molecule has 0 bridgehead atoms. The van der Waals surface area contributed by atoms with Crippen molar-refractivity contribution >= 4 is 49.0 Å². The molecule has 0 fully saturated rings. The Hall–Kier alpha value is -1.58. The number of carbonyl (C=O) groups is 1. The Labute approximate surface area is 155 Å². The van der Waals surface area contributed by atoms with Crippen LogP contribution in [0.2, 0.25) is 5.02 Å². The summed E-state index contributed by atoms with van der Waals surface area (Å²) < 4.78 is 62.6. The summed E-state index contributed by atoms with van der Waals surface area (Å²) >= 11 is 8.45. The van der Waals surface area contributed by atoms with Gasteiger partial charge in [0.2, 0.25) is 5.91 Å². The van der Waals surface area contributed by atoms with Gasteiger partial charge in [0.15, 0.2) is 9.84 Å². The minimum Gasteiger partial charge on any atom is -0.325 e. The summed E-state index contributed by atoms with van der Waals surface area (Å²) in [6.45, 7) is 0. The van der Waals surface area contributed by atoms with Crippen LogP contribution in [0.1, 0.15) is 5.56 Å². The molecule has 134 valence electrons. The minimum atomic E-state index is -4.62. The number of halogens is 5. The zero-order valence-electron chi connectivity index (χ0n) is 12.3. The van der Waals surface area contributed by atoms with Crippen molar-refractivity contribution in [2.75, 3.05) is 11.1 Å². The average Bonchev–Trinajstić information content (AvgIpc) is 2.48. The van der Waals surface area contributed by atoms with Gasteiger partial charge in [-0.2, -0.15) is 13.2 Å². The van der Waals surface area contributed by atoms with Crippen LogP contribution in [-0.2, 0) is 20.8 Å². The van der Waals surface area contributed by atoms with E-state index < -0.39 is 33.2 Å². The zero-order valence-corrected chi connectivity index (χ0v) is 15.4. The molecule has 1 N–H and O–H groups in total. The first kappa shape index (κ1) is 19.7. The van der Waals surface area contributed by atoms with Crippen LogP contribution in [0.5, 0.6) is 0 Å². The van der Waals surface area contributed by atoms with Crippen molar-refractivity contribution in [3.05, 3.63) is 57.5 Å². The Morgan fingerprint density at radius 2 is 1.72 bits per heavy atom. The molecule has 1 amide bonds. The lowest BCUT2D eigenvalue weighted by Crippen LogP contribution is -2.23. The third kappa shape index (κ3) is 5.20. The maximum atomic E-state index is 12.8. The first-order chi connectivity index (χ1) is 11.5. The van der Waals surface area contributed by atoms with Crippen LogP contribution in [0.25, 0.3) is 0 Å². The van der Waals surface area contributed by atoms with Crippen molar-refractivity contribution in [3.8, 4) is 0 Å². The van der Waals surface area contributed by atoms with Gasteiger partial charge < -0.3 is 5.32 Å². The van der Waals surface area contributed by atoms with Crippen molar-refractivity contribution in [2.24, 2.45) is 0 Å². The number of nitrogens with one attached hydrogen (secondary N) is 1. The summed E-state index contributed by atoms with van der Waals surface area (Å²) in [4.78, 5) is 11.8. The topological polar surface area (TPSA) is 63.2 Å². The highest BCUT2D eigenvalue weighted by Gasteiger charge is 2.33. The van der Waals surface area contributed by atoms with Gasteiger partial charge in [0.05, 0.1) is 10.5 Å². The van der Waals surface area contributed by atoms with Gasteiger partial charge >= 0.3 is 6.18 Å². The van der Waals surface area contributed by atoms with Gasteiger partial charge in [-0.15, -0.1) is 0 Å². The van der Waals surface area contributed by atoms with E-state index in [2.05, 4.69) is 21.2 Å². The molecule has 0 radical (unpaired) electrons. The van der Waals surface area contributed by atoms with Crippen LogP contribution in [0, 0.1) is 0 Å². The highest BCUT2D eigenvalue weighted by Crippen LogP contribution is 2.36. The van der Waals surface area contributed by atoms with Gasteiger partial charge in [-0.1, -0.05) is 27.5 Å². The molecular weight excluding hydrogens is 447 g/mol. The molecule has 2 rings (SSSR count). The van der Waals surface area contributed by atoms with E-state index in [1.807, 2.05) is 0 Å². The average molecular weight is 457 g/mol. The van der Waals surface area contributed by atoms with E-state index in [0.29, 0.717) is 5.02 Å².